The molecule has 1 saturated carbocycles. The highest BCUT2D eigenvalue weighted by molar-refractivity contribution is 7.21. The van der Waals surface area contributed by atoms with Gasteiger partial charge in [-0.05, 0) is 42.5 Å². The average Bonchev–Trinajstić information content (AvgIpc) is 3.43. The van der Waals surface area contributed by atoms with Gasteiger partial charge in [-0.2, -0.15) is 0 Å². The number of hydrogen-bond acceptors (Lipinski definition) is 4. The largest absolute Gasteiger partial charge is 0.365 e. The van der Waals surface area contributed by atoms with Gasteiger partial charge in [0.15, 0.2) is 0 Å². The van der Waals surface area contributed by atoms with E-state index in [1.54, 1.807) is 24.3 Å². The lowest BCUT2D eigenvalue weighted by Gasteiger charge is -2.10. The van der Waals surface area contributed by atoms with Gasteiger partial charge in [-0.1, -0.05) is 23.7 Å². The van der Waals surface area contributed by atoms with Gasteiger partial charge < -0.3 is 11.1 Å². The van der Waals surface area contributed by atoms with Crippen LogP contribution in [-0.2, 0) is 0 Å². The minimum Gasteiger partial charge on any atom is -0.365 e. The van der Waals surface area contributed by atoms with Crippen molar-refractivity contribution >= 4 is 50.7 Å². The fraction of sp³-hybridized carbons (Fsp3) is 0.211. The van der Waals surface area contributed by atoms with Gasteiger partial charge >= 0.3 is 0 Å². The Hall–Kier alpha value is -2.58. The zero-order valence-electron chi connectivity index (χ0n) is 14.3. The monoisotopic (exact) mass is 421 g/mol. The van der Waals surface area contributed by atoms with Crippen LogP contribution in [0.25, 0.3) is 10.2 Å². The highest BCUT2D eigenvalue weighted by Crippen LogP contribution is 2.48. The van der Waals surface area contributed by atoms with Crippen molar-refractivity contribution in [2.75, 3.05) is 5.32 Å². The summed E-state index contributed by atoms with van der Waals surface area (Å²) in [5, 5.41) is 3.44. The summed E-state index contributed by atoms with van der Waals surface area (Å²) in [4.78, 5) is 29.0. The van der Waals surface area contributed by atoms with Crippen LogP contribution in [0.3, 0.4) is 0 Å². The number of halogens is 3. The third kappa shape index (κ3) is 3.33. The first-order valence-electron chi connectivity index (χ1n) is 8.48. The second-order valence-corrected chi connectivity index (χ2v) is 7.90. The smallest absolute Gasteiger partial charge is 0.280 e. The first-order valence-corrected chi connectivity index (χ1v) is 9.67. The van der Waals surface area contributed by atoms with Crippen molar-refractivity contribution in [2.45, 2.75) is 25.2 Å². The summed E-state index contributed by atoms with van der Waals surface area (Å²) in [5.74, 6) is -1.19. The summed E-state index contributed by atoms with van der Waals surface area (Å²) >= 11 is 6.98. The molecule has 0 saturated heterocycles. The molecule has 0 aliphatic heterocycles. The zero-order valence-corrected chi connectivity index (χ0v) is 15.9. The average molecular weight is 422 g/mol. The number of pyridine rings is 1. The molecule has 2 aromatic heterocycles. The predicted molar refractivity (Wildman–Crippen MR) is 104 cm³/mol. The molecule has 1 aliphatic rings. The van der Waals surface area contributed by atoms with Crippen LogP contribution in [0.5, 0.6) is 0 Å². The van der Waals surface area contributed by atoms with Gasteiger partial charge in [-0.25, -0.2) is 13.8 Å². The van der Waals surface area contributed by atoms with Crippen LogP contribution in [0.15, 0.2) is 30.3 Å². The van der Waals surface area contributed by atoms with Crippen LogP contribution < -0.4 is 11.1 Å². The molecule has 5 nitrogen and oxygen atoms in total. The molecule has 0 radical (unpaired) electrons. The SMILES string of the molecule is NC(=O)c1sc2nc(C(F)F)cc(C3CC3)c2c1NC(=O)c1ccccc1Cl. The fourth-order valence-corrected chi connectivity index (χ4v) is 4.34. The third-order valence-corrected chi connectivity index (χ3v) is 5.96. The highest BCUT2D eigenvalue weighted by atomic mass is 35.5. The lowest BCUT2D eigenvalue weighted by molar-refractivity contribution is 0.100. The number of thiophene rings is 1. The Balaban J connectivity index is 1.89. The number of amides is 2. The Morgan fingerprint density at radius 2 is 2.00 bits per heavy atom. The lowest BCUT2D eigenvalue weighted by Crippen LogP contribution is -2.17. The number of aromatic nitrogens is 1. The summed E-state index contributed by atoms with van der Waals surface area (Å²) < 4.78 is 26.5. The number of rotatable bonds is 5. The first kappa shape index (κ1) is 18.8. The van der Waals surface area contributed by atoms with Gasteiger partial charge in [-0.15, -0.1) is 11.3 Å². The number of nitrogens with two attached hydrogens (primary N) is 1. The van der Waals surface area contributed by atoms with E-state index in [0.717, 1.165) is 24.2 Å². The van der Waals surface area contributed by atoms with Crippen molar-refractivity contribution < 1.29 is 18.4 Å². The predicted octanol–water partition coefficient (Wildman–Crippen LogP) is 5.12. The summed E-state index contributed by atoms with van der Waals surface area (Å²) in [6, 6.07) is 7.82. The van der Waals surface area contributed by atoms with Gasteiger partial charge in [0, 0.05) is 5.39 Å². The number of benzene rings is 1. The van der Waals surface area contributed by atoms with E-state index < -0.39 is 18.2 Å². The summed E-state index contributed by atoms with van der Waals surface area (Å²) in [7, 11) is 0. The Labute approximate surface area is 167 Å². The van der Waals surface area contributed by atoms with Crippen LogP contribution in [0.2, 0.25) is 5.02 Å². The molecule has 2 amide bonds. The summed E-state index contributed by atoms with van der Waals surface area (Å²) in [5.41, 5.74) is 6.21. The van der Waals surface area contributed by atoms with Gasteiger partial charge in [0.2, 0.25) is 0 Å². The third-order valence-electron chi connectivity index (χ3n) is 4.53. The number of nitrogens with zero attached hydrogens (tertiary/aromatic N) is 1. The molecule has 3 aromatic rings. The topological polar surface area (TPSA) is 85.1 Å². The van der Waals surface area contributed by atoms with Crippen LogP contribution in [0.4, 0.5) is 14.5 Å². The number of fused-ring (bicyclic) bond motifs is 1. The molecular weight excluding hydrogens is 408 g/mol. The van der Waals surface area contributed by atoms with E-state index in [1.807, 2.05) is 0 Å². The second kappa shape index (κ2) is 7.10. The number of anilines is 1. The quantitative estimate of drug-likeness (QED) is 0.599. The Morgan fingerprint density at radius 1 is 1.29 bits per heavy atom. The molecule has 2 heterocycles. The van der Waals surface area contributed by atoms with Crippen molar-refractivity contribution in [1.82, 2.24) is 4.98 Å². The van der Waals surface area contributed by atoms with E-state index in [-0.39, 0.29) is 37.6 Å². The second-order valence-electron chi connectivity index (χ2n) is 6.50. The number of carbonyl (C=O) groups is 2. The standard InChI is InChI=1S/C19H14ClF2N3O2S/c20-11-4-2-1-3-9(11)18(27)25-14-13-10(8-5-6-8)7-12(16(21)22)24-19(13)28-15(14)17(23)26/h1-4,7-8,16H,5-6H2,(H2,23,26)(H,25,27). The number of nitrogens with one attached hydrogen (secondary N) is 1. The molecule has 0 bridgehead atoms. The Morgan fingerprint density at radius 3 is 2.61 bits per heavy atom. The van der Waals surface area contributed by atoms with E-state index in [0.29, 0.717) is 10.9 Å². The molecule has 1 aliphatic carbocycles. The van der Waals surface area contributed by atoms with Crippen LogP contribution in [-0.4, -0.2) is 16.8 Å². The number of hydrogen-bond donors (Lipinski definition) is 2. The zero-order chi connectivity index (χ0) is 20.0. The molecule has 4 rings (SSSR count). The fourth-order valence-electron chi connectivity index (χ4n) is 3.09. The molecule has 28 heavy (non-hydrogen) atoms. The maximum atomic E-state index is 13.3. The molecule has 1 aromatic carbocycles. The van der Waals surface area contributed by atoms with Crippen molar-refractivity contribution in [3.8, 4) is 0 Å². The molecule has 0 atom stereocenters. The van der Waals surface area contributed by atoms with Crippen molar-refractivity contribution in [3.05, 3.63) is 57.1 Å². The van der Waals surface area contributed by atoms with E-state index >= 15 is 0 Å². The molecule has 0 spiro atoms. The van der Waals surface area contributed by atoms with Crippen molar-refractivity contribution in [2.24, 2.45) is 5.73 Å². The molecule has 1 fully saturated rings. The molecule has 144 valence electrons. The Kier molecular flexibility index (Phi) is 4.76. The van der Waals surface area contributed by atoms with E-state index in [1.165, 1.54) is 6.07 Å². The minimum atomic E-state index is -2.73. The summed E-state index contributed by atoms with van der Waals surface area (Å²) in [6.07, 6.45) is -1.04. The molecule has 3 N–H and O–H groups in total. The van der Waals surface area contributed by atoms with Crippen molar-refractivity contribution in [3.63, 3.8) is 0 Å². The number of alkyl halides is 2. The highest BCUT2D eigenvalue weighted by Gasteiger charge is 2.32. The van der Waals surface area contributed by atoms with Gasteiger partial charge in [0.05, 0.1) is 16.3 Å². The lowest BCUT2D eigenvalue weighted by atomic mass is 10.0. The summed E-state index contributed by atoms with van der Waals surface area (Å²) in [6.45, 7) is 0. The first-order chi connectivity index (χ1) is 13.4. The van der Waals surface area contributed by atoms with E-state index in [2.05, 4.69) is 10.3 Å². The maximum absolute atomic E-state index is 13.3. The van der Waals surface area contributed by atoms with E-state index in [9.17, 15) is 18.4 Å². The van der Waals surface area contributed by atoms with Crippen molar-refractivity contribution in [1.29, 1.82) is 0 Å². The molecule has 9 heteroatoms. The minimum absolute atomic E-state index is 0.0659. The normalized spacial score (nSPS) is 13.9. The molecular formula is C19H14ClF2N3O2S. The van der Waals surface area contributed by atoms with Gasteiger partial charge in [0.1, 0.15) is 15.4 Å². The Bertz CT molecular complexity index is 1110. The van der Waals surface area contributed by atoms with Crippen LogP contribution in [0, 0.1) is 0 Å². The molecule has 0 unspecified atom stereocenters. The van der Waals surface area contributed by atoms with Crippen LogP contribution >= 0.6 is 22.9 Å². The van der Waals surface area contributed by atoms with Gasteiger partial charge in [0.25, 0.3) is 18.2 Å². The maximum Gasteiger partial charge on any atom is 0.280 e. The number of primary amides is 1. The van der Waals surface area contributed by atoms with Gasteiger partial charge in [-0.3, -0.25) is 9.59 Å². The van der Waals surface area contributed by atoms with Crippen LogP contribution in [0.1, 0.15) is 56.5 Å². The van der Waals surface area contributed by atoms with E-state index in [4.69, 9.17) is 17.3 Å². The number of carbonyl (C=O) groups excluding carboxylic acids is 2.